The maximum Gasteiger partial charge on any atom is 0.146 e. The van der Waals surface area contributed by atoms with Gasteiger partial charge in [0.1, 0.15) is 11.6 Å². The number of halogens is 1. The number of aromatic amines is 1. The van der Waals surface area contributed by atoms with E-state index in [1.54, 1.807) is 19.2 Å². The molecule has 0 amide bonds. The molecule has 0 atom stereocenters. The molecule has 1 aromatic heterocycles. The van der Waals surface area contributed by atoms with Crippen LogP contribution < -0.4 is 10.1 Å². The zero-order valence-corrected chi connectivity index (χ0v) is 8.96. The Morgan fingerprint density at radius 2 is 2.25 bits per heavy atom. The Morgan fingerprint density at radius 1 is 1.38 bits per heavy atom. The van der Waals surface area contributed by atoms with E-state index in [-0.39, 0.29) is 5.82 Å². The highest BCUT2D eigenvalue weighted by Gasteiger charge is 2.03. The van der Waals surface area contributed by atoms with Crippen molar-refractivity contribution in [2.24, 2.45) is 0 Å². The quantitative estimate of drug-likeness (QED) is 0.831. The first-order valence-electron chi connectivity index (χ1n) is 4.98. The number of hydrogen-bond donors (Lipinski definition) is 2. The second-order valence-corrected chi connectivity index (χ2v) is 3.42. The summed E-state index contributed by atoms with van der Waals surface area (Å²) in [5, 5.41) is 3.02. The molecule has 0 aliphatic rings. The van der Waals surface area contributed by atoms with Crippen molar-refractivity contribution in [3.05, 3.63) is 48.0 Å². The van der Waals surface area contributed by atoms with Crippen molar-refractivity contribution in [3.63, 3.8) is 0 Å². The topological polar surface area (TPSA) is 37.0 Å². The average molecular weight is 220 g/mol. The number of benzene rings is 1. The van der Waals surface area contributed by atoms with E-state index in [0.29, 0.717) is 18.0 Å². The van der Waals surface area contributed by atoms with Crippen LogP contribution in [0.5, 0.6) is 5.75 Å². The Bertz CT molecular complexity index is 454. The third-order valence-corrected chi connectivity index (χ3v) is 2.32. The molecular weight excluding hydrogens is 207 g/mol. The van der Waals surface area contributed by atoms with Crippen LogP contribution in [0.2, 0.25) is 0 Å². The van der Waals surface area contributed by atoms with Gasteiger partial charge in [0.15, 0.2) is 0 Å². The molecule has 3 nitrogen and oxygen atoms in total. The Hall–Kier alpha value is -1.97. The van der Waals surface area contributed by atoms with E-state index in [0.717, 1.165) is 5.56 Å². The van der Waals surface area contributed by atoms with Crippen molar-refractivity contribution in [3.8, 4) is 5.75 Å². The summed E-state index contributed by atoms with van der Waals surface area (Å²) in [5.74, 6) is 0.356. The van der Waals surface area contributed by atoms with Gasteiger partial charge in [-0.1, -0.05) is 0 Å². The molecule has 0 saturated heterocycles. The van der Waals surface area contributed by atoms with Gasteiger partial charge in [0.05, 0.1) is 12.8 Å². The predicted molar refractivity (Wildman–Crippen MR) is 61.1 cm³/mol. The van der Waals surface area contributed by atoms with Gasteiger partial charge in [-0.25, -0.2) is 4.39 Å². The minimum absolute atomic E-state index is 0.281. The second-order valence-electron chi connectivity index (χ2n) is 3.42. The summed E-state index contributed by atoms with van der Waals surface area (Å²) in [6.07, 6.45) is 3.70. The van der Waals surface area contributed by atoms with Gasteiger partial charge in [0.25, 0.3) is 0 Å². The van der Waals surface area contributed by atoms with Crippen molar-refractivity contribution in [1.82, 2.24) is 4.98 Å². The summed E-state index contributed by atoms with van der Waals surface area (Å²) in [4.78, 5) is 2.94. The molecule has 0 bridgehead atoms. The lowest BCUT2D eigenvalue weighted by atomic mass is 10.2. The molecule has 0 saturated carbocycles. The van der Waals surface area contributed by atoms with Crippen LogP contribution in [0.15, 0.2) is 36.7 Å². The smallest absolute Gasteiger partial charge is 0.146 e. The first-order valence-corrected chi connectivity index (χ1v) is 4.98. The van der Waals surface area contributed by atoms with Gasteiger partial charge >= 0.3 is 0 Å². The molecule has 2 N–H and O–H groups in total. The standard InChI is InChI=1S/C12H13FN2O/c1-16-10-2-3-11(13)12(6-10)15-8-9-4-5-14-7-9/h2-7,14-15H,8H2,1H3. The minimum Gasteiger partial charge on any atom is -0.497 e. The van der Waals surface area contributed by atoms with Gasteiger partial charge in [-0.3, -0.25) is 0 Å². The molecule has 0 unspecified atom stereocenters. The highest BCUT2D eigenvalue weighted by Crippen LogP contribution is 2.21. The summed E-state index contributed by atoms with van der Waals surface area (Å²) < 4.78 is 18.4. The SMILES string of the molecule is COc1ccc(F)c(NCc2cc[nH]c2)c1. The predicted octanol–water partition coefficient (Wildman–Crippen LogP) is 2.77. The zero-order valence-electron chi connectivity index (χ0n) is 8.96. The molecule has 2 aromatic rings. The zero-order chi connectivity index (χ0) is 11.4. The maximum absolute atomic E-state index is 13.4. The van der Waals surface area contributed by atoms with Crippen LogP contribution in [0.25, 0.3) is 0 Å². The average Bonchev–Trinajstić information content (AvgIpc) is 2.81. The fraction of sp³-hybridized carbons (Fsp3) is 0.167. The number of aromatic nitrogens is 1. The van der Waals surface area contributed by atoms with Crippen molar-refractivity contribution >= 4 is 5.69 Å². The number of H-pyrrole nitrogens is 1. The molecule has 16 heavy (non-hydrogen) atoms. The van der Waals surface area contributed by atoms with Crippen LogP contribution >= 0.6 is 0 Å². The summed E-state index contributed by atoms with van der Waals surface area (Å²) in [7, 11) is 1.56. The summed E-state index contributed by atoms with van der Waals surface area (Å²) >= 11 is 0. The van der Waals surface area contributed by atoms with Crippen LogP contribution in [0.3, 0.4) is 0 Å². The minimum atomic E-state index is -0.281. The van der Waals surface area contributed by atoms with E-state index in [2.05, 4.69) is 10.3 Å². The van der Waals surface area contributed by atoms with Crippen LogP contribution in [0.4, 0.5) is 10.1 Å². The Kier molecular flexibility index (Phi) is 3.10. The highest BCUT2D eigenvalue weighted by atomic mass is 19.1. The number of anilines is 1. The molecule has 1 aromatic carbocycles. The van der Waals surface area contributed by atoms with Crippen LogP contribution in [-0.2, 0) is 6.54 Å². The normalized spacial score (nSPS) is 10.1. The van der Waals surface area contributed by atoms with Crippen molar-refractivity contribution in [2.45, 2.75) is 6.54 Å². The molecule has 2 rings (SSSR count). The second kappa shape index (κ2) is 4.70. The van der Waals surface area contributed by atoms with Gasteiger partial charge in [0, 0.05) is 25.0 Å². The molecule has 0 aliphatic heterocycles. The van der Waals surface area contributed by atoms with Gasteiger partial charge in [-0.2, -0.15) is 0 Å². The highest BCUT2D eigenvalue weighted by molar-refractivity contribution is 5.49. The molecule has 4 heteroatoms. The number of hydrogen-bond acceptors (Lipinski definition) is 2. The van der Waals surface area contributed by atoms with E-state index < -0.39 is 0 Å². The largest absolute Gasteiger partial charge is 0.497 e. The van der Waals surface area contributed by atoms with E-state index >= 15 is 0 Å². The van der Waals surface area contributed by atoms with Gasteiger partial charge in [-0.05, 0) is 23.8 Å². The first kappa shape index (κ1) is 10.5. The fourth-order valence-electron chi connectivity index (χ4n) is 1.43. The van der Waals surface area contributed by atoms with Crippen LogP contribution in [0.1, 0.15) is 5.56 Å². The monoisotopic (exact) mass is 220 g/mol. The molecule has 0 radical (unpaired) electrons. The molecule has 0 fully saturated rings. The molecule has 84 valence electrons. The van der Waals surface area contributed by atoms with E-state index in [4.69, 9.17) is 4.74 Å². The summed E-state index contributed by atoms with van der Waals surface area (Å²) in [6.45, 7) is 0.577. The lowest BCUT2D eigenvalue weighted by molar-refractivity contribution is 0.414. The first-order chi connectivity index (χ1) is 7.79. The van der Waals surface area contributed by atoms with Gasteiger partial charge < -0.3 is 15.0 Å². The number of nitrogens with one attached hydrogen (secondary N) is 2. The van der Waals surface area contributed by atoms with Gasteiger partial charge in [0.2, 0.25) is 0 Å². The third-order valence-electron chi connectivity index (χ3n) is 2.32. The Balaban J connectivity index is 2.08. The molecule has 1 heterocycles. The lowest BCUT2D eigenvalue weighted by Gasteiger charge is -2.08. The lowest BCUT2D eigenvalue weighted by Crippen LogP contribution is -2.00. The number of methoxy groups -OCH3 is 1. The summed E-state index contributed by atoms with van der Waals surface area (Å²) in [6, 6.07) is 6.56. The van der Waals surface area contributed by atoms with E-state index in [1.165, 1.54) is 6.07 Å². The summed E-state index contributed by atoms with van der Waals surface area (Å²) in [5.41, 5.74) is 1.52. The molecule has 0 spiro atoms. The Labute approximate surface area is 93.3 Å². The number of ether oxygens (including phenoxy) is 1. The third kappa shape index (κ3) is 2.34. The van der Waals surface area contributed by atoms with Crippen molar-refractivity contribution in [1.29, 1.82) is 0 Å². The van der Waals surface area contributed by atoms with Gasteiger partial charge in [-0.15, -0.1) is 0 Å². The molecular formula is C12H13FN2O. The fourth-order valence-corrected chi connectivity index (χ4v) is 1.43. The van der Waals surface area contributed by atoms with Crippen LogP contribution in [0, 0.1) is 5.82 Å². The maximum atomic E-state index is 13.4. The number of rotatable bonds is 4. The van der Waals surface area contributed by atoms with Crippen molar-refractivity contribution < 1.29 is 9.13 Å². The Morgan fingerprint density at radius 3 is 2.94 bits per heavy atom. The van der Waals surface area contributed by atoms with E-state index in [1.807, 2.05) is 18.5 Å². The molecule has 0 aliphatic carbocycles. The van der Waals surface area contributed by atoms with Crippen LogP contribution in [-0.4, -0.2) is 12.1 Å². The van der Waals surface area contributed by atoms with E-state index in [9.17, 15) is 4.39 Å². The van der Waals surface area contributed by atoms with Crippen molar-refractivity contribution in [2.75, 3.05) is 12.4 Å².